The van der Waals surface area contributed by atoms with Gasteiger partial charge in [-0.15, -0.1) is 0 Å². The monoisotopic (exact) mass is 312 g/mol. The Morgan fingerprint density at radius 2 is 2.17 bits per heavy atom. The smallest absolute Gasteiger partial charge is 0.220 e. The maximum absolute atomic E-state index is 12.1. The zero-order valence-electron chi connectivity index (χ0n) is 14.1. The molecule has 2 unspecified atom stereocenters. The third kappa shape index (κ3) is 4.23. The highest BCUT2D eigenvalue weighted by atomic mass is 16.1. The van der Waals surface area contributed by atoms with Crippen LogP contribution >= 0.6 is 0 Å². The molecule has 1 aliphatic carbocycles. The molecule has 1 aromatic rings. The highest BCUT2D eigenvalue weighted by Crippen LogP contribution is 2.22. The molecule has 1 amide bonds. The van der Waals surface area contributed by atoms with E-state index in [9.17, 15) is 4.79 Å². The van der Waals surface area contributed by atoms with Crippen molar-refractivity contribution in [3.8, 4) is 0 Å². The molecule has 1 N–H and O–H groups in total. The van der Waals surface area contributed by atoms with Crippen molar-refractivity contribution in [1.29, 1.82) is 0 Å². The van der Waals surface area contributed by atoms with Crippen molar-refractivity contribution < 1.29 is 4.79 Å². The summed E-state index contributed by atoms with van der Waals surface area (Å²) >= 11 is 0. The Balaban J connectivity index is 1.50. The molecule has 0 saturated heterocycles. The Bertz CT molecular complexity index is 567. The molecule has 124 valence electrons. The Morgan fingerprint density at radius 3 is 2.91 bits per heavy atom. The van der Waals surface area contributed by atoms with Gasteiger partial charge in [0.2, 0.25) is 5.91 Å². The molecule has 1 aromatic carbocycles. The molecule has 0 fully saturated rings. The van der Waals surface area contributed by atoms with Gasteiger partial charge in [0.1, 0.15) is 0 Å². The molecular weight excluding hydrogens is 284 g/mol. The zero-order chi connectivity index (χ0) is 16.1. The van der Waals surface area contributed by atoms with E-state index in [1.807, 2.05) is 0 Å². The fraction of sp³-hybridized carbons (Fsp3) is 0.550. The van der Waals surface area contributed by atoms with E-state index < -0.39 is 0 Å². The minimum atomic E-state index is 0.206. The van der Waals surface area contributed by atoms with Gasteiger partial charge in [-0.25, -0.2) is 0 Å². The van der Waals surface area contributed by atoms with Crippen LogP contribution in [0.5, 0.6) is 0 Å². The average Bonchev–Trinajstić information content (AvgIpc) is 3.08. The highest BCUT2D eigenvalue weighted by Gasteiger charge is 2.23. The normalized spacial score (nSPS) is 21.9. The third-order valence-corrected chi connectivity index (χ3v) is 5.24. The van der Waals surface area contributed by atoms with Crippen molar-refractivity contribution in [1.82, 2.24) is 10.2 Å². The molecule has 3 rings (SSSR count). The number of amides is 1. The summed E-state index contributed by atoms with van der Waals surface area (Å²) in [7, 11) is 0. The van der Waals surface area contributed by atoms with Gasteiger partial charge in [0.25, 0.3) is 0 Å². The quantitative estimate of drug-likeness (QED) is 0.818. The van der Waals surface area contributed by atoms with Gasteiger partial charge in [-0.1, -0.05) is 43.3 Å². The Kier molecular flexibility index (Phi) is 5.50. The molecule has 1 aliphatic heterocycles. The number of carbonyl (C=O) groups excluding carboxylic acids is 1. The third-order valence-electron chi connectivity index (χ3n) is 5.24. The largest absolute Gasteiger partial charge is 0.355 e. The van der Waals surface area contributed by atoms with Crippen LogP contribution in [0.4, 0.5) is 0 Å². The minimum absolute atomic E-state index is 0.206. The predicted octanol–water partition coefficient (Wildman–Crippen LogP) is 3.30. The Hall–Kier alpha value is -1.61. The lowest BCUT2D eigenvalue weighted by atomic mass is 9.98. The van der Waals surface area contributed by atoms with Crippen molar-refractivity contribution in [3.05, 3.63) is 47.5 Å². The molecule has 0 radical (unpaired) electrons. The number of nitrogens with zero attached hydrogens (tertiary/aromatic N) is 1. The summed E-state index contributed by atoms with van der Waals surface area (Å²) in [6.07, 6.45) is 9.49. The standard InChI is InChI=1S/C20H28N2O/c1-2-19(14-21-20(23)13-16-7-3-4-8-16)22-12-11-17-9-5-6-10-18(17)15-22/h3,5-7,9-10,16,19H,2,4,8,11-15H2,1H3,(H,21,23). The van der Waals surface area contributed by atoms with E-state index in [2.05, 4.69) is 53.6 Å². The van der Waals surface area contributed by atoms with Gasteiger partial charge in [0, 0.05) is 32.1 Å². The second-order valence-corrected chi connectivity index (χ2v) is 6.83. The summed E-state index contributed by atoms with van der Waals surface area (Å²) in [5.41, 5.74) is 2.93. The maximum atomic E-state index is 12.1. The average molecular weight is 312 g/mol. The van der Waals surface area contributed by atoms with Gasteiger partial charge in [0.05, 0.1) is 0 Å². The number of fused-ring (bicyclic) bond motifs is 1. The summed E-state index contributed by atoms with van der Waals surface area (Å²) in [6.45, 7) is 5.09. The van der Waals surface area contributed by atoms with Crippen LogP contribution in [-0.4, -0.2) is 29.9 Å². The summed E-state index contributed by atoms with van der Waals surface area (Å²) in [5.74, 6) is 0.661. The van der Waals surface area contributed by atoms with Gasteiger partial charge >= 0.3 is 0 Å². The van der Waals surface area contributed by atoms with Crippen molar-refractivity contribution in [2.45, 2.75) is 51.6 Å². The van der Waals surface area contributed by atoms with Crippen molar-refractivity contribution in [2.75, 3.05) is 13.1 Å². The number of hydrogen-bond donors (Lipinski definition) is 1. The Labute approximate surface area is 139 Å². The van der Waals surface area contributed by atoms with Gasteiger partial charge < -0.3 is 5.32 Å². The van der Waals surface area contributed by atoms with E-state index in [0.29, 0.717) is 18.4 Å². The van der Waals surface area contributed by atoms with Crippen LogP contribution in [-0.2, 0) is 17.8 Å². The lowest BCUT2D eigenvalue weighted by Crippen LogP contribution is -2.45. The predicted molar refractivity (Wildman–Crippen MR) is 94.1 cm³/mol. The van der Waals surface area contributed by atoms with E-state index in [0.717, 1.165) is 45.3 Å². The molecule has 0 spiro atoms. The first kappa shape index (κ1) is 16.3. The first-order valence-corrected chi connectivity index (χ1v) is 9.00. The molecule has 23 heavy (non-hydrogen) atoms. The van der Waals surface area contributed by atoms with Crippen LogP contribution < -0.4 is 5.32 Å². The molecule has 3 heteroatoms. The van der Waals surface area contributed by atoms with Gasteiger partial charge in [-0.05, 0) is 42.7 Å². The van der Waals surface area contributed by atoms with Crippen LogP contribution in [0, 0.1) is 5.92 Å². The van der Waals surface area contributed by atoms with Gasteiger partial charge in [-0.3, -0.25) is 9.69 Å². The van der Waals surface area contributed by atoms with Crippen LogP contribution in [0.2, 0.25) is 0 Å². The van der Waals surface area contributed by atoms with Crippen molar-refractivity contribution in [3.63, 3.8) is 0 Å². The number of nitrogens with one attached hydrogen (secondary N) is 1. The topological polar surface area (TPSA) is 32.3 Å². The first-order valence-electron chi connectivity index (χ1n) is 9.00. The van der Waals surface area contributed by atoms with E-state index in [-0.39, 0.29) is 5.91 Å². The summed E-state index contributed by atoms with van der Waals surface area (Å²) in [4.78, 5) is 14.7. The number of carbonyl (C=O) groups is 1. The maximum Gasteiger partial charge on any atom is 0.220 e. The second-order valence-electron chi connectivity index (χ2n) is 6.83. The van der Waals surface area contributed by atoms with Crippen LogP contribution in [0.15, 0.2) is 36.4 Å². The van der Waals surface area contributed by atoms with Gasteiger partial charge in [0.15, 0.2) is 0 Å². The van der Waals surface area contributed by atoms with Crippen molar-refractivity contribution in [2.24, 2.45) is 5.92 Å². The zero-order valence-corrected chi connectivity index (χ0v) is 14.1. The second kappa shape index (κ2) is 7.78. The number of rotatable bonds is 6. The molecule has 3 nitrogen and oxygen atoms in total. The van der Waals surface area contributed by atoms with Crippen molar-refractivity contribution >= 4 is 5.91 Å². The Morgan fingerprint density at radius 1 is 1.35 bits per heavy atom. The SMILES string of the molecule is CCC(CNC(=O)CC1C=CCC1)N1CCc2ccccc2C1. The first-order chi connectivity index (χ1) is 11.3. The van der Waals surface area contributed by atoms with Crippen LogP contribution in [0.1, 0.15) is 43.7 Å². The molecule has 0 bridgehead atoms. The van der Waals surface area contributed by atoms with Gasteiger partial charge in [-0.2, -0.15) is 0 Å². The van der Waals surface area contributed by atoms with E-state index in [4.69, 9.17) is 0 Å². The molecule has 0 saturated carbocycles. The van der Waals surface area contributed by atoms with E-state index in [1.165, 1.54) is 11.1 Å². The highest BCUT2D eigenvalue weighted by molar-refractivity contribution is 5.76. The molecular formula is C20H28N2O. The van der Waals surface area contributed by atoms with Crippen LogP contribution in [0.25, 0.3) is 0 Å². The summed E-state index contributed by atoms with van der Waals surface area (Å²) in [6, 6.07) is 9.17. The fourth-order valence-electron chi connectivity index (χ4n) is 3.77. The fourth-order valence-corrected chi connectivity index (χ4v) is 3.77. The lowest BCUT2D eigenvalue weighted by Gasteiger charge is -2.35. The number of allylic oxidation sites excluding steroid dienone is 2. The molecule has 2 aliphatic rings. The van der Waals surface area contributed by atoms with Crippen LogP contribution in [0.3, 0.4) is 0 Å². The lowest BCUT2D eigenvalue weighted by molar-refractivity contribution is -0.122. The summed E-state index contributed by atoms with van der Waals surface area (Å²) in [5, 5.41) is 3.17. The number of hydrogen-bond acceptors (Lipinski definition) is 2. The minimum Gasteiger partial charge on any atom is -0.355 e. The molecule has 1 heterocycles. The molecule has 0 aromatic heterocycles. The molecule has 2 atom stereocenters. The van der Waals surface area contributed by atoms with E-state index >= 15 is 0 Å². The summed E-state index contributed by atoms with van der Waals surface area (Å²) < 4.78 is 0. The number of benzene rings is 1. The van der Waals surface area contributed by atoms with E-state index in [1.54, 1.807) is 0 Å².